The molecule has 0 atom stereocenters. The largest absolute Gasteiger partial charge is 0.398 e. The fourth-order valence-corrected chi connectivity index (χ4v) is 1.36. The summed E-state index contributed by atoms with van der Waals surface area (Å²) in [7, 11) is 0. The molecular formula is C12H10F3N3. The van der Waals surface area contributed by atoms with Gasteiger partial charge in [0.05, 0.1) is 5.69 Å². The van der Waals surface area contributed by atoms with Gasteiger partial charge in [-0.15, -0.1) is 0 Å². The average Bonchev–Trinajstić information content (AvgIpc) is 2.31. The summed E-state index contributed by atoms with van der Waals surface area (Å²) in [4.78, 5) is 3.95. The molecule has 0 saturated carbocycles. The molecule has 3 nitrogen and oxygen atoms in total. The molecule has 3 N–H and O–H groups in total. The molecule has 2 aromatic rings. The number of nitrogen functional groups attached to an aromatic ring is 1. The van der Waals surface area contributed by atoms with E-state index in [4.69, 9.17) is 5.73 Å². The highest BCUT2D eigenvalue weighted by atomic mass is 19.2. The molecule has 0 aliphatic rings. The first-order chi connectivity index (χ1) is 8.47. The summed E-state index contributed by atoms with van der Waals surface area (Å²) in [5, 5.41) is 2.54. The summed E-state index contributed by atoms with van der Waals surface area (Å²) in [6, 6.07) is 2.67. The van der Waals surface area contributed by atoms with Crippen LogP contribution in [0.5, 0.6) is 0 Å². The highest BCUT2D eigenvalue weighted by Crippen LogP contribution is 2.23. The molecule has 1 aromatic carbocycles. The Bertz CT molecular complexity index is 599. The van der Waals surface area contributed by atoms with Crippen LogP contribution in [0.25, 0.3) is 0 Å². The van der Waals surface area contributed by atoms with Crippen LogP contribution in [0.15, 0.2) is 24.4 Å². The molecule has 0 bridgehead atoms. The Morgan fingerprint density at radius 2 is 1.72 bits per heavy atom. The van der Waals surface area contributed by atoms with E-state index >= 15 is 0 Å². The molecule has 1 heterocycles. The number of nitrogens with zero attached hydrogens (tertiary/aromatic N) is 1. The zero-order chi connectivity index (χ0) is 13.3. The third-order valence-corrected chi connectivity index (χ3v) is 2.42. The first kappa shape index (κ1) is 12.2. The van der Waals surface area contributed by atoms with Gasteiger partial charge in [0.15, 0.2) is 11.6 Å². The van der Waals surface area contributed by atoms with Crippen LogP contribution in [0.2, 0.25) is 0 Å². The fraction of sp³-hybridized carbons (Fsp3) is 0.0833. The van der Waals surface area contributed by atoms with Gasteiger partial charge in [-0.3, -0.25) is 0 Å². The number of halogens is 3. The van der Waals surface area contributed by atoms with Gasteiger partial charge in [0.1, 0.15) is 11.6 Å². The number of aryl methyl sites for hydroxylation is 1. The minimum Gasteiger partial charge on any atom is -0.398 e. The third-order valence-electron chi connectivity index (χ3n) is 2.42. The van der Waals surface area contributed by atoms with Crippen molar-refractivity contribution in [3.63, 3.8) is 0 Å². The normalized spacial score (nSPS) is 10.4. The molecule has 6 heteroatoms. The number of benzene rings is 1. The van der Waals surface area contributed by atoms with Gasteiger partial charge in [-0.05, 0) is 12.5 Å². The lowest BCUT2D eigenvalue weighted by Gasteiger charge is -2.08. The molecule has 0 amide bonds. The van der Waals surface area contributed by atoms with Gasteiger partial charge < -0.3 is 11.1 Å². The smallest absolute Gasteiger partial charge is 0.161 e. The molecule has 0 fully saturated rings. The predicted molar refractivity (Wildman–Crippen MR) is 63.0 cm³/mol. The number of anilines is 3. The highest BCUT2D eigenvalue weighted by molar-refractivity contribution is 5.61. The number of rotatable bonds is 2. The van der Waals surface area contributed by atoms with Crippen LogP contribution < -0.4 is 11.1 Å². The molecule has 0 aliphatic carbocycles. The standard InChI is InChI=1S/C12H10F3N3/c1-6-5-17-12(4-10(6)16)18-11-3-8(14)7(13)2-9(11)15/h2-5H,1H3,(H3,16,17,18). The topological polar surface area (TPSA) is 50.9 Å². The van der Waals surface area contributed by atoms with Gasteiger partial charge in [0.25, 0.3) is 0 Å². The SMILES string of the molecule is Cc1cnc(Nc2cc(F)c(F)cc2F)cc1N. The fourth-order valence-electron chi connectivity index (χ4n) is 1.36. The molecular weight excluding hydrogens is 243 g/mol. The predicted octanol–water partition coefficient (Wildman–Crippen LogP) is 3.13. The van der Waals surface area contributed by atoms with Crippen LogP contribution in [-0.2, 0) is 0 Å². The maximum absolute atomic E-state index is 13.4. The van der Waals surface area contributed by atoms with E-state index in [1.54, 1.807) is 6.92 Å². The number of aromatic nitrogens is 1. The van der Waals surface area contributed by atoms with E-state index in [1.165, 1.54) is 12.3 Å². The Morgan fingerprint density at radius 3 is 2.39 bits per heavy atom. The first-order valence-corrected chi connectivity index (χ1v) is 5.11. The third kappa shape index (κ3) is 2.37. The van der Waals surface area contributed by atoms with Crippen LogP contribution in [0, 0.1) is 24.4 Å². The summed E-state index contributed by atoms with van der Waals surface area (Å²) in [6.07, 6.45) is 1.50. The summed E-state index contributed by atoms with van der Waals surface area (Å²) in [5.74, 6) is -3.04. The van der Waals surface area contributed by atoms with Crippen LogP contribution in [0.1, 0.15) is 5.56 Å². The first-order valence-electron chi connectivity index (χ1n) is 5.11. The minimum absolute atomic E-state index is 0.204. The van der Waals surface area contributed by atoms with Gasteiger partial charge in [-0.25, -0.2) is 18.2 Å². The maximum Gasteiger partial charge on any atom is 0.161 e. The highest BCUT2D eigenvalue weighted by Gasteiger charge is 2.10. The summed E-state index contributed by atoms with van der Waals surface area (Å²) < 4.78 is 39.1. The zero-order valence-corrected chi connectivity index (χ0v) is 9.47. The minimum atomic E-state index is -1.24. The van der Waals surface area contributed by atoms with E-state index in [0.29, 0.717) is 11.8 Å². The van der Waals surface area contributed by atoms with Crippen LogP contribution in [-0.4, -0.2) is 4.98 Å². The molecule has 2 rings (SSSR count). The van der Waals surface area contributed by atoms with Crippen LogP contribution in [0.4, 0.5) is 30.4 Å². The van der Waals surface area contributed by atoms with Crippen molar-refractivity contribution in [2.45, 2.75) is 6.92 Å². The Morgan fingerprint density at radius 1 is 1.06 bits per heavy atom. The van der Waals surface area contributed by atoms with E-state index in [-0.39, 0.29) is 11.5 Å². The Kier molecular flexibility index (Phi) is 3.10. The van der Waals surface area contributed by atoms with Crippen LogP contribution in [0.3, 0.4) is 0 Å². The quantitative estimate of drug-likeness (QED) is 0.808. The molecule has 0 radical (unpaired) electrons. The molecule has 94 valence electrons. The molecule has 0 saturated heterocycles. The molecule has 0 spiro atoms. The second-order valence-corrected chi connectivity index (χ2v) is 3.80. The monoisotopic (exact) mass is 253 g/mol. The number of nitrogens with two attached hydrogens (primary N) is 1. The number of hydrogen-bond acceptors (Lipinski definition) is 3. The Balaban J connectivity index is 2.34. The summed E-state index contributed by atoms with van der Waals surface area (Å²) in [5.41, 5.74) is 6.69. The van der Waals surface area contributed by atoms with Gasteiger partial charge in [-0.1, -0.05) is 0 Å². The van der Waals surface area contributed by atoms with E-state index in [0.717, 1.165) is 11.6 Å². The summed E-state index contributed by atoms with van der Waals surface area (Å²) >= 11 is 0. The number of nitrogens with one attached hydrogen (secondary N) is 1. The van der Waals surface area contributed by atoms with Gasteiger partial charge in [0.2, 0.25) is 0 Å². The molecule has 0 aliphatic heterocycles. The van der Waals surface area contributed by atoms with Gasteiger partial charge in [-0.2, -0.15) is 0 Å². The van der Waals surface area contributed by atoms with Crippen LogP contribution >= 0.6 is 0 Å². The lowest BCUT2D eigenvalue weighted by Crippen LogP contribution is -2.00. The van der Waals surface area contributed by atoms with Crippen molar-refractivity contribution in [1.82, 2.24) is 4.98 Å². The zero-order valence-electron chi connectivity index (χ0n) is 9.47. The van der Waals surface area contributed by atoms with E-state index in [9.17, 15) is 13.2 Å². The Labute approximate surface area is 101 Å². The Hall–Kier alpha value is -2.24. The van der Waals surface area contributed by atoms with Crippen molar-refractivity contribution >= 4 is 17.2 Å². The van der Waals surface area contributed by atoms with Crippen molar-refractivity contribution in [1.29, 1.82) is 0 Å². The second-order valence-electron chi connectivity index (χ2n) is 3.80. The maximum atomic E-state index is 13.4. The van der Waals surface area contributed by atoms with E-state index in [2.05, 4.69) is 10.3 Å². The summed E-state index contributed by atoms with van der Waals surface area (Å²) in [6.45, 7) is 1.77. The second kappa shape index (κ2) is 4.56. The lowest BCUT2D eigenvalue weighted by atomic mass is 10.2. The van der Waals surface area contributed by atoms with Gasteiger partial charge >= 0.3 is 0 Å². The molecule has 18 heavy (non-hydrogen) atoms. The molecule has 1 aromatic heterocycles. The van der Waals surface area contributed by atoms with Crippen molar-refractivity contribution in [2.24, 2.45) is 0 Å². The number of pyridine rings is 1. The van der Waals surface area contributed by atoms with E-state index in [1.807, 2.05) is 0 Å². The van der Waals surface area contributed by atoms with E-state index < -0.39 is 17.5 Å². The number of hydrogen-bond donors (Lipinski definition) is 2. The van der Waals surface area contributed by atoms with Crippen molar-refractivity contribution in [2.75, 3.05) is 11.1 Å². The van der Waals surface area contributed by atoms with Crippen molar-refractivity contribution in [3.8, 4) is 0 Å². The molecule has 0 unspecified atom stereocenters. The lowest BCUT2D eigenvalue weighted by molar-refractivity contribution is 0.496. The van der Waals surface area contributed by atoms with Crippen molar-refractivity contribution < 1.29 is 13.2 Å². The van der Waals surface area contributed by atoms with Gasteiger partial charge in [0, 0.05) is 30.1 Å². The average molecular weight is 253 g/mol. The van der Waals surface area contributed by atoms with Crippen molar-refractivity contribution in [3.05, 3.63) is 47.4 Å².